The fraction of sp³-hybridized carbons (Fsp3) is 0.188. The zero-order valence-electron chi connectivity index (χ0n) is 12.4. The minimum absolute atomic E-state index is 0.326. The Morgan fingerprint density at radius 2 is 1.50 bits per heavy atom. The smallest absolute Gasteiger partial charge is 0.323 e. The molecule has 0 aliphatic carbocycles. The van der Waals surface area contributed by atoms with Gasteiger partial charge in [-0.15, -0.1) is 0 Å². The topological polar surface area (TPSA) is 44.4 Å². The van der Waals surface area contributed by atoms with E-state index in [0.29, 0.717) is 11.4 Å². The highest BCUT2D eigenvalue weighted by Gasteiger charge is 2.02. The number of nitrogens with zero attached hydrogens (tertiary/aromatic N) is 1. The summed E-state index contributed by atoms with van der Waals surface area (Å²) in [6.07, 6.45) is 13.9. The van der Waals surface area contributed by atoms with E-state index in [1.165, 1.54) is 0 Å². The van der Waals surface area contributed by atoms with E-state index in [-0.39, 0.29) is 6.03 Å². The Bertz CT molecular complexity index is 454. The molecule has 0 bridgehead atoms. The van der Waals surface area contributed by atoms with E-state index < -0.39 is 0 Å². The second kappa shape index (κ2) is 10.4. The summed E-state index contributed by atoms with van der Waals surface area (Å²) in [4.78, 5) is 13.8. The van der Waals surface area contributed by atoms with Gasteiger partial charge in [-0.3, -0.25) is 0 Å². The summed E-state index contributed by atoms with van der Waals surface area (Å²) in [6.45, 7) is 9.10. The third-order valence-corrected chi connectivity index (χ3v) is 2.01. The van der Waals surface area contributed by atoms with E-state index in [1.807, 2.05) is 38.2 Å². The van der Waals surface area contributed by atoms with Crippen LogP contribution in [-0.2, 0) is 0 Å². The number of nitrogens with one attached hydrogen (secondary N) is 2. The minimum Gasteiger partial charge on any atom is -0.383 e. The van der Waals surface area contributed by atoms with E-state index in [2.05, 4.69) is 23.8 Å². The number of urea groups is 1. The monoisotopic (exact) mass is 273 g/mol. The summed E-state index contributed by atoms with van der Waals surface area (Å²) < 4.78 is 0. The van der Waals surface area contributed by atoms with Crippen LogP contribution in [-0.4, -0.2) is 25.0 Å². The van der Waals surface area contributed by atoms with Gasteiger partial charge < -0.3 is 15.5 Å². The van der Waals surface area contributed by atoms with E-state index in [4.69, 9.17) is 0 Å². The third kappa shape index (κ3) is 8.58. The van der Waals surface area contributed by atoms with Gasteiger partial charge in [0.2, 0.25) is 0 Å². The molecule has 0 saturated heterocycles. The quantitative estimate of drug-likeness (QED) is 0.700. The van der Waals surface area contributed by atoms with Crippen molar-refractivity contribution in [3.05, 3.63) is 73.3 Å². The second-order valence-corrected chi connectivity index (χ2v) is 4.07. The Balaban J connectivity index is 4.77. The molecule has 0 aromatic rings. The van der Waals surface area contributed by atoms with Crippen molar-refractivity contribution in [3.63, 3.8) is 0 Å². The van der Waals surface area contributed by atoms with Gasteiger partial charge in [-0.1, -0.05) is 31.4 Å². The van der Waals surface area contributed by atoms with Crippen LogP contribution < -0.4 is 10.6 Å². The number of carbonyl (C=O) groups excluding carboxylic acids is 1. The first-order chi connectivity index (χ1) is 9.53. The number of amides is 2. The van der Waals surface area contributed by atoms with Crippen molar-refractivity contribution >= 4 is 6.03 Å². The zero-order valence-corrected chi connectivity index (χ0v) is 12.4. The lowest BCUT2D eigenvalue weighted by molar-refractivity contribution is 0.246. The van der Waals surface area contributed by atoms with Gasteiger partial charge >= 0.3 is 6.03 Å². The summed E-state index contributed by atoms with van der Waals surface area (Å²) in [5, 5.41) is 5.46. The number of carbonyl (C=O) groups is 1. The molecular formula is C16H23N3O. The Kier molecular flexibility index (Phi) is 9.14. The molecule has 4 heteroatoms. The average molecular weight is 273 g/mol. The molecule has 0 saturated carbocycles. The molecule has 2 amide bonds. The average Bonchev–Trinajstić information content (AvgIpc) is 2.36. The fourth-order valence-electron chi connectivity index (χ4n) is 1.23. The third-order valence-electron chi connectivity index (χ3n) is 2.01. The minimum atomic E-state index is -0.326. The van der Waals surface area contributed by atoms with Crippen LogP contribution in [0.4, 0.5) is 4.79 Å². The van der Waals surface area contributed by atoms with Crippen LogP contribution >= 0.6 is 0 Å². The first-order valence-corrected chi connectivity index (χ1v) is 6.24. The predicted octanol–water partition coefficient (Wildman–Crippen LogP) is 3.08. The normalized spacial score (nSPS) is 12.6. The van der Waals surface area contributed by atoms with E-state index in [1.54, 1.807) is 36.5 Å². The van der Waals surface area contributed by atoms with Gasteiger partial charge in [-0.05, 0) is 31.2 Å². The lowest BCUT2D eigenvalue weighted by Crippen LogP contribution is -2.33. The summed E-state index contributed by atoms with van der Waals surface area (Å²) in [5.41, 5.74) is 1.30. The molecule has 0 rings (SSSR count). The molecule has 2 N–H and O–H groups in total. The van der Waals surface area contributed by atoms with Crippen molar-refractivity contribution < 1.29 is 4.79 Å². The predicted molar refractivity (Wildman–Crippen MR) is 85.9 cm³/mol. The molecule has 0 aromatic heterocycles. The van der Waals surface area contributed by atoms with Gasteiger partial charge in [0.1, 0.15) is 0 Å². The molecule has 0 unspecified atom stereocenters. The lowest BCUT2D eigenvalue weighted by atomic mass is 10.3. The molecule has 108 valence electrons. The van der Waals surface area contributed by atoms with Crippen molar-refractivity contribution in [2.24, 2.45) is 0 Å². The fourth-order valence-corrected chi connectivity index (χ4v) is 1.23. The number of hydrogen-bond donors (Lipinski definition) is 2. The molecule has 0 atom stereocenters. The molecular weight excluding hydrogens is 250 g/mol. The van der Waals surface area contributed by atoms with Crippen molar-refractivity contribution in [1.29, 1.82) is 0 Å². The maximum Gasteiger partial charge on any atom is 0.323 e. The van der Waals surface area contributed by atoms with Crippen LogP contribution in [0.15, 0.2) is 73.3 Å². The number of rotatable bonds is 7. The Labute approximate surface area is 121 Å². The molecule has 0 fully saturated rings. The zero-order chi connectivity index (χ0) is 15.4. The van der Waals surface area contributed by atoms with Crippen molar-refractivity contribution in [1.82, 2.24) is 15.5 Å². The van der Waals surface area contributed by atoms with Crippen LogP contribution in [0.25, 0.3) is 0 Å². The van der Waals surface area contributed by atoms with Gasteiger partial charge in [-0.2, -0.15) is 0 Å². The van der Waals surface area contributed by atoms with Crippen molar-refractivity contribution in [2.45, 2.75) is 6.92 Å². The van der Waals surface area contributed by atoms with Crippen LogP contribution in [0.5, 0.6) is 0 Å². The molecule has 4 nitrogen and oxygen atoms in total. The molecule has 0 spiro atoms. The lowest BCUT2D eigenvalue weighted by Gasteiger charge is -2.10. The Hall–Kier alpha value is -2.49. The van der Waals surface area contributed by atoms with Crippen molar-refractivity contribution in [2.75, 3.05) is 14.1 Å². The molecule has 0 aliphatic rings. The van der Waals surface area contributed by atoms with Gasteiger partial charge in [0.05, 0.1) is 0 Å². The summed E-state index contributed by atoms with van der Waals surface area (Å²) >= 11 is 0. The summed E-state index contributed by atoms with van der Waals surface area (Å²) in [5.74, 6) is 0. The highest BCUT2D eigenvalue weighted by Crippen LogP contribution is 1.97. The van der Waals surface area contributed by atoms with E-state index >= 15 is 0 Å². The first-order valence-electron chi connectivity index (χ1n) is 6.24. The molecule has 0 heterocycles. The molecule has 0 aliphatic heterocycles. The van der Waals surface area contributed by atoms with E-state index in [0.717, 1.165) is 0 Å². The van der Waals surface area contributed by atoms with Crippen molar-refractivity contribution in [3.8, 4) is 0 Å². The van der Waals surface area contributed by atoms with Crippen LogP contribution in [0.1, 0.15) is 6.92 Å². The van der Waals surface area contributed by atoms with E-state index in [9.17, 15) is 4.79 Å². The SMILES string of the molecule is C=C/C=C(\C=C/C)NC(=O)NC(/C=C\N(C)C)=C/C=C. The molecule has 0 radical (unpaired) electrons. The maximum atomic E-state index is 11.9. The molecule has 0 aromatic carbocycles. The molecule has 20 heavy (non-hydrogen) atoms. The summed E-state index contributed by atoms with van der Waals surface area (Å²) in [7, 11) is 3.80. The highest BCUT2D eigenvalue weighted by molar-refractivity contribution is 5.78. The van der Waals surface area contributed by atoms with Crippen LogP contribution in [0.3, 0.4) is 0 Å². The Morgan fingerprint density at radius 1 is 1.00 bits per heavy atom. The first kappa shape index (κ1) is 17.5. The van der Waals surface area contributed by atoms with Gasteiger partial charge in [-0.25, -0.2) is 4.79 Å². The highest BCUT2D eigenvalue weighted by atomic mass is 16.2. The number of hydrogen-bond acceptors (Lipinski definition) is 2. The second-order valence-electron chi connectivity index (χ2n) is 4.07. The van der Waals surface area contributed by atoms with Gasteiger partial charge in [0, 0.05) is 31.7 Å². The Morgan fingerprint density at radius 3 is 1.90 bits per heavy atom. The van der Waals surface area contributed by atoms with Crippen LogP contribution in [0.2, 0.25) is 0 Å². The number of allylic oxidation sites excluding steroid dienone is 7. The van der Waals surface area contributed by atoms with Gasteiger partial charge in [0.15, 0.2) is 0 Å². The van der Waals surface area contributed by atoms with Gasteiger partial charge in [0.25, 0.3) is 0 Å². The largest absolute Gasteiger partial charge is 0.383 e. The van der Waals surface area contributed by atoms with Crippen LogP contribution in [0, 0.1) is 0 Å². The maximum absolute atomic E-state index is 11.9. The summed E-state index contributed by atoms with van der Waals surface area (Å²) in [6, 6.07) is -0.326. The standard InChI is InChI=1S/C16H23N3O/c1-6-9-14(10-7-2)17-16(20)18-15(11-8-3)12-13-19(4)5/h6-13H,1,3H2,2,4-5H3,(H2,17,18,20)/b10-7-,13-12-,14-9+,15-11+.